The maximum absolute atomic E-state index is 11.8. The van der Waals surface area contributed by atoms with E-state index in [1.165, 1.54) is 6.42 Å². The molecule has 2 aliphatic heterocycles. The molecule has 0 radical (unpaired) electrons. The van der Waals surface area contributed by atoms with Crippen LogP contribution < -0.4 is 0 Å². The molecule has 1 unspecified atom stereocenters. The minimum atomic E-state index is -0.102. The summed E-state index contributed by atoms with van der Waals surface area (Å²) in [7, 11) is 3.98. The number of carbonyl (C=O) groups is 1. The van der Waals surface area contributed by atoms with E-state index >= 15 is 0 Å². The molecule has 2 aliphatic rings. The van der Waals surface area contributed by atoms with Crippen molar-refractivity contribution in [3.63, 3.8) is 0 Å². The Morgan fingerprint density at radius 1 is 1.25 bits per heavy atom. The van der Waals surface area contributed by atoms with Gasteiger partial charge in [-0.1, -0.05) is 0 Å². The molecule has 1 amide bonds. The first-order valence-electron chi connectivity index (χ1n) is 4.64. The Morgan fingerprint density at radius 3 is 2.42 bits per heavy atom. The predicted octanol–water partition coefficient (Wildman–Crippen LogP) is 0.313. The van der Waals surface area contributed by atoms with Crippen LogP contribution in [0.15, 0.2) is 0 Å². The van der Waals surface area contributed by atoms with Crippen molar-refractivity contribution in [2.24, 2.45) is 0 Å². The summed E-state index contributed by atoms with van der Waals surface area (Å²) in [5.74, 6) is 0.336. The standard InChI is InChI=1S/C9H16N2O/c1-10-7-5-9(8(10)12)4-3-6-11(9)2/h3-7H2,1-2H3. The molecule has 1 atom stereocenters. The largest absolute Gasteiger partial charge is 0.344 e. The van der Waals surface area contributed by atoms with Crippen LogP contribution in [0.3, 0.4) is 0 Å². The van der Waals surface area contributed by atoms with Crippen molar-refractivity contribution in [3.05, 3.63) is 0 Å². The first-order valence-corrected chi connectivity index (χ1v) is 4.64. The highest BCUT2D eigenvalue weighted by atomic mass is 16.2. The molecule has 12 heavy (non-hydrogen) atoms. The molecule has 2 heterocycles. The first kappa shape index (κ1) is 8.05. The Balaban J connectivity index is 2.26. The third-order valence-electron chi connectivity index (χ3n) is 3.42. The van der Waals surface area contributed by atoms with E-state index in [0.717, 1.165) is 25.9 Å². The molecule has 2 saturated heterocycles. The van der Waals surface area contributed by atoms with E-state index in [9.17, 15) is 4.79 Å². The van der Waals surface area contributed by atoms with E-state index in [2.05, 4.69) is 11.9 Å². The maximum atomic E-state index is 11.8. The van der Waals surface area contributed by atoms with Gasteiger partial charge in [-0.25, -0.2) is 0 Å². The van der Waals surface area contributed by atoms with Crippen LogP contribution >= 0.6 is 0 Å². The highest BCUT2D eigenvalue weighted by Crippen LogP contribution is 2.36. The van der Waals surface area contributed by atoms with Crippen LogP contribution in [-0.2, 0) is 4.79 Å². The zero-order valence-corrected chi connectivity index (χ0v) is 7.84. The van der Waals surface area contributed by atoms with Gasteiger partial charge in [0.15, 0.2) is 0 Å². The van der Waals surface area contributed by atoms with E-state index < -0.39 is 0 Å². The van der Waals surface area contributed by atoms with Gasteiger partial charge in [0, 0.05) is 13.6 Å². The van der Waals surface area contributed by atoms with Gasteiger partial charge in [0.05, 0.1) is 0 Å². The zero-order chi connectivity index (χ0) is 8.77. The minimum absolute atomic E-state index is 0.102. The Kier molecular flexibility index (Phi) is 1.65. The topological polar surface area (TPSA) is 23.6 Å². The lowest BCUT2D eigenvalue weighted by Crippen LogP contribution is -2.47. The van der Waals surface area contributed by atoms with Crippen molar-refractivity contribution in [1.29, 1.82) is 0 Å². The molecule has 68 valence electrons. The SMILES string of the molecule is CN1CCC2(CCCN2C)C1=O. The summed E-state index contributed by atoms with van der Waals surface area (Å²) in [6.45, 7) is 2.02. The van der Waals surface area contributed by atoms with Gasteiger partial charge in [0.2, 0.25) is 5.91 Å². The number of amides is 1. The molecule has 1 spiro atoms. The number of nitrogens with zero attached hydrogens (tertiary/aromatic N) is 2. The second kappa shape index (κ2) is 2.46. The third kappa shape index (κ3) is 0.829. The molecule has 0 aromatic carbocycles. The second-order valence-corrected chi connectivity index (χ2v) is 4.03. The summed E-state index contributed by atoms with van der Waals surface area (Å²) in [5.41, 5.74) is -0.102. The van der Waals surface area contributed by atoms with Crippen molar-refractivity contribution in [1.82, 2.24) is 9.80 Å². The first-order chi connectivity index (χ1) is 5.67. The summed E-state index contributed by atoms with van der Waals surface area (Å²) in [6, 6.07) is 0. The van der Waals surface area contributed by atoms with E-state index in [4.69, 9.17) is 0 Å². The van der Waals surface area contributed by atoms with Crippen LogP contribution in [0, 0.1) is 0 Å². The predicted molar refractivity (Wildman–Crippen MR) is 46.8 cm³/mol. The zero-order valence-electron chi connectivity index (χ0n) is 7.84. The number of hydrogen-bond acceptors (Lipinski definition) is 2. The normalized spacial score (nSPS) is 37.2. The molecule has 2 rings (SSSR count). The Bertz CT molecular complexity index is 217. The van der Waals surface area contributed by atoms with Gasteiger partial charge in [-0.3, -0.25) is 9.69 Å². The van der Waals surface area contributed by atoms with Crippen molar-refractivity contribution in [2.45, 2.75) is 24.8 Å². The molecule has 0 aliphatic carbocycles. The molecular weight excluding hydrogens is 152 g/mol. The minimum Gasteiger partial charge on any atom is -0.344 e. The van der Waals surface area contributed by atoms with Gasteiger partial charge < -0.3 is 4.90 Å². The van der Waals surface area contributed by atoms with Crippen molar-refractivity contribution < 1.29 is 4.79 Å². The smallest absolute Gasteiger partial charge is 0.242 e. The lowest BCUT2D eigenvalue weighted by atomic mass is 9.95. The molecule has 3 heteroatoms. The van der Waals surface area contributed by atoms with Gasteiger partial charge in [0.1, 0.15) is 5.54 Å². The Labute approximate surface area is 73.3 Å². The lowest BCUT2D eigenvalue weighted by molar-refractivity contribution is -0.135. The second-order valence-electron chi connectivity index (χ2n) is 4.03. The fraction of sp³-hybridized carbons (Fsp3) is 0.889. The number of rotatable bonds is 0. The van der Waals surface area contributed by atoms with Crippen molar-refractivity contribution in [2.75, 3.05) is 27.2 Å². The summed E-state index contributed by atoms with van der Waals surface area (Å²) >= 11 is 0. The van der Waals surface area contributed by atoms with E-state index in [1.807, 2.05) is 11.9 Å². The van der Waals surface area contributed by atoms with E-state index in [1.54, 1.807) is 0 Å². The van der Waals surface area contributed by atoms with Crippen LogP contribution in [0.1, 0.15) is 19.3 Å². The van der Waals surface area contributed by atoms with Gasteiger partial charge in [-0.2, -0.15) is 0 Å². The summed E-state index contributed by atoms with van der Waals surface area (Å²) in [4.78, 5) is 15.9. The highest BCUT2D eigenvalue weighted by molar-refractivity contribution is 5.88. The van der Waals surface area contributed by atoms with E-state index in [0.29, 0.717) is 5.91 Å². The van der Waals surface area contributed by atoms with Gasteiger partial charge in [-0.05, 0) is 32.9 Å². The lowest BCUT2D eigenvalue weighted by Gasteiger charge is -2.29. The number of likely N-dealkylation sites (tertiary alicyclic amines) is 2. The fourth-order valence-corrected chi connectivity index (χ4v) is 2.52. The van der Waals surface area contributed by atoms with Gasteiger partial charge in [-0.15, -0.1) is 0 Å². The van der Waals surface area contributed by atoms with Crippen LogP contribution in [0.2, 0.25) is 0 Å². The van der Waals surface area contributed by atoms with Crippen LogP contribution in [0.5, 0.6) is 0 Å². The molecule has 3 nitrogen and oxygen atoms in total. The van der Waals surface area contributed by atoms with Crippen LogP contribution in [-0.4, -0.2) is 48.4 Å². The molecule has 2 fully saturated rings. The molecule has 0 bridgehead atoms. The Hall–Kier alpha value is -0.570. The summed E-state index contributed by atoms with van der Waals surface area (Å²) < 4.78 is 0. The summed E-state index contributed by atoms with van der Waals surface area (Å²) in [6.07, 6.45) is 3.27. The van der Waals surface area contributed by atoms with Crippen LogP contribution in [0.4, 0.5) is 0 Å². The summed E-state index contributed by atoms with van der Waals surface area (Å²) in [5, 5.41) is 0. The molecule has 0 aromatic rings. The fourth-order valence-electron chi connectivity index (χ4n) is 2.52. The van der Waals surface area contributed by atoms with Gasteiger partial charge in [0.25, 0.3) is 0 Å². The molecule has 0 saturated carbocycles. The van der Waals surface area contributed by atoms with Crippen molar-refractivity contribution in [3.8, 4) is 0 Å². The van der Waals surface area contributed by atoms with Crippen molar-refractivity contribution >= 4 is 5.91 Å². The van der Waals surface area contributed by atoms with Crippen LogP contribution in [0.25, 0.3) is 0 Å². The number of hydrogen-bond donors (Lipinski definition) is 0. The quantitative estimate of drug-likeness (QED) is 0.520. The number of likely N-dealkylation sites (N-methyl/N-ethyl adjacent to an activating group) is 2. The maximum Gasteiger partial charge on any atom is 0.242 e. The van der Waals surface area contributed by atoms with E-state index in [-0.39, 0.29) is 5.54 Å². The number of carbonyl (C=O) groups excluding carboxylic acids is 1. The average molecular weight is 168 g/mol. The monoisotopic (exact) mass is 168 g/mol. The highest BCUT2D eigenvalue weighted by Gasteiger charge is 2.50. The molecule has 0 aromatic heterocycles. The molecular formula is C9H16N2O. The third-order valence-corrected chi connectivity index (χ3v) is 3.42. The average Bonchev–Trinajstić information content (AvgIpc) is 2.54. The molecule has 0 N–H and O–H groups in total. The van der Waals surface area contributed by atoms with Gasteiger partial charge >= 0.3 is 0 Å². The Morgan fingerprint density at radius 2 is 2.00 bits per heavy atom.